The number of fused-ring (bicyclic) bond motifs is 10. The van der Waals surface area contributed by atoms with Crippen molar-refractivity contribution in [3.63, 3.8) is 0 Å². The maximum atomic E-state index is 2.49. The summed E-state index contributed by atoms with van der Waals surface area (Å²) in [4.78, 5) is 0. The minimum Gasteiger partial charge on any atom is -0.309 e. The van der Waals surface area contributed by atoms with Crippen molar-refractivity contribution in [1.29, 1.82) is 0 Å². The SMILES string of the molecule is CC1(C)c2ccccc2-c2cc3c(cc21)c1ccccc1c1ccccc1n(-c1ccccc1)c1ccccc31. The van der Waals surface area contributed by atoms with Crippen LogP contribution in [0.15, 0.2) is 140 Å². The highest BCUT2D eigenvalue weighted by Crippen LogP contribution is 2.50. The topological polar surface area (TPSA) is 4.93 Å². The van der Waals surface area contributed by atoms with Gasteiger partial charge in [0, 0.05) is 21.9 Å². The van der Waals surface area contributed by atoms with E-state index in [0.717, 1.165) is 5.69 Å². The Hall–Kier alpha value is -4.88. The van der Waals surface area contributed by atoms with E-state index in [4.69, 9.17) is 0 Å². The van der Waals surface area contributed by atoms with Crippen LogP contribution in [0.25, 0.3) is 60.2 Å². The van der Waals surface area contributed by atoms with Gasteiger partial charge in [0.1, 0.15) is 0 Å². The summed E-state index contributed by atoms with van der Waals surface area (Å²) in [6.07, 6.45) is 0. The molecule has 1 aromatic heterocycles. The number of nitrogens with zero attached hydrogens (tertiary/aromatic N) is 1. The van der Waals surface area contributed by atoms with Crippen LogP contribution in [0.4, 0.5) is 0 Å². The second kappa shape index (κ2) is 8.56. The molecule has 0 radical (unpaired) electrons. The molecule has 0 atom stereocenters. The summed E-state index contributed by atoms with van der Waals surface area (Å²) in [6, 6.07) is 51.3. The molecular formula is C39H29N. The van der Waals surface area contributed by atoms with E-state index in [2.05, 4.69) is 158 Å². The fourth-order valence-electron chi connectivity index (χ4n) is 6.92. The molecule has 0 unspecified atom stereocenters. The second-order valence-corrected chi connectivity index (χ2v) is 11.4. The third-order valence-corrected chi connectivity index (χ3v) is 8.82. The van der Waals surface area contributed by atoms with Gasteiger partial charge in [-0.25, -0.2) is 0 Å². The number of para-hydroxylation sites is 3. The highest BCUT2D eigenvalue weighted by atomic mass is 15.0. The van der Waals surface area contributed by atoms with Gasteiger partial charge in [0.15, 0.2) is 0 Å². The van der Waals surface area contributed by atoms with Gasteiger partial charge >= 0.3 is 0 Å². The van der Waals surface area contributed by atoms with Crippen molar-refractivity contribution in [2.75, 3.05) is 0 Å². The van der Waals surface area contributed by atoms with Gasteiger partial charge in [-0.3, -0.25) is 0 Å². The Balaban J connectivity index is 1.72. The Kier molecular flexibility index (Phi) is 4.93. The Morgan fingerprint density at radius 3 is 1.60 bits per heavy atom. The first-order valence-corrected chi connectivity index (χ1v) is 14.0. The lowest BCUT2D eigenvalue weighted by molar-refractivity contribution is 0.661. The zero-order valence-electron chi connectivity index (χ0n) is 22.7. The van der Waals surface area contributed by atoms with E-state index in [1.165, 1.54) is 65.6 Å². The van der Waals surface area contributed by atoms with E-state index < -0.39 is 0 Å². The lowest BCUT2D eigenvalue weighted by Crippen LogP contribution is -2.14. The Labute approximate surface area is 234 Å². The molecule has 0 N–H and O–H groups in total. The quantitative estimate of drug-likeness (QED) is 0.207. The summed E-state index contributed by atoms with van der Waals surface area (Å²) in [6.45, 7) is 4.73. The molecule has 1 aliphatic carbocycles. The predicted octanol–water partition coefficient (Wildman–Crippen LogP) is 10.5. The van der Waals surface area contributed by atoms with Gasteiger partial charge in [-0.2, -0.15) is 0 Å². The van der Waals surface area contributed by atoms with Crippen molar-refractivity contribution >= 4 is 43.4 Å². The Morgan fingerprint density at radius 1 is 0.400 bits per heavy atom. The average Bonchev–Trinajstić information content (AvgIpc) is 3.25. The molecule has 1 heteroatoms. The maximum Gasteiger partial charge on any atom is 0.0540 e. The van der Waals surface area contributed by atoms with Crippen molar-refractivity contribution in [3.05, 3.63) is 151 Å². The smallest absolute Gasteiger partial charge is 0.0540 e. The van der Waals surface area contributed by atoms with Gasteiger partial charge in [0.25, 0.3) is 0 Å². The van der Waals surface area contributed by atoms with Gasteiger partial charge < -0.3 is 4.57 Å². The summed E-state index contributed by atoms with van der Waals surface area (Å²) in [5.41, 5.74) is 8.93. The van der Waals surface area contributed by atoms with E-state index in [1.54, 1.807) is 0 Å². The molecule has 40 heavy (non-hydrogen) atoms. The highest BCUT2D eigenvalue weighted by molar-refractivity contribution is 6.20. The van der Waals surface area contributed by atoms with Crippen LogP contribution in [0.3, 0.4) is 0 Å². The van der Waals surface area contributed by atoms with E-state index in [1.807, 2.05) is 0 Å². The monoisotopic (exact) mass is 511 g/mol. The second-order valence-electron chi connectivity index (χ2n) is 11.4. The van der Waals surface area contributed by atoms with Crippen molar-refractivity contribution < 1.29 is 0 Å². The molecule has 0 bridgehead atoms. The molecule has 1 heterocycles. The van der Waals surface area contributed by atoms with Crippen LogP contribution in [0, 0.1) is 0 Å². The van der Waals surface area contributed by atoms with Gasteiger partial charge in [-0.15, -0.1) is 0 Å². The van der Waals surface area contributed by atoms with E-state index in [0.29, 0.717) is 0 Å². The molecule has 0 saturated heterocycles. The van der Waals surface area contributed by atoms with Crippen LogP contribution < -0.4 is 0 Å². The lowest BCUT2D eigenvalue weighted by Gasteiger charge is -2.21. The van der Waals surface area contributed by atoms with E-state index in [9.17, 15) is 0 Å². The van der Waals surface area contributed by atoms with E-state index >= 15 is 0 Å². The van der Waals surface area contributed by atoms with Gasteiger partial charge in [0.2, 0.25) is 0 Å². The molecule has 8 rings (SSSR count). The zero-order chi connectivity index (χ0) is 26.8. The van der Waals surface area contributed by atoms with E-state index in [-0.39, 0.29) is 5.41 Å². The van der Waals surface area contributed by atoms with Crippen molar-refractivity contribution in [2.24, 2.45) is 0 Å². The highest BCUT2D eigenvalue weighted by Gasteiger charge is 2.35. The number of hydrogen-bond donors (Lipinski definition) is 0. The largest absolute Gasteiger partial charge is 0.309 e. The standard InChI is InChI=1S/C39H29N/c1-39(2)35-21-11-8-18-29(35)34-24-32-31-20-10-13-23-38(31)40(26-14-4-3-5-15-26)37-22-12-9-19-30(37)27-16-6-7-17-28(27)33(32)25-36(34)39/h3-25H,1-2H3. The third-order valence-electron chi connectivity index (χ3n) is 8.82. The van der Waals surface area contributed by atoms with Gasteiger partial charge in [0.05, 0.1) is 11.0 Å². The molecule has 190 valence electrons. The number of aromatic nitrogens is 1. The fourth-order valence-corrected chi connectivity index (χ4v) is 6.92. The Bertz CT molecular complexity index is 2180. The summed E-state index contributed by atoms with van der Waals surface area (Å²) in [5.74, 6) is 0. The fraction of sp³-hybridized carbons (Fsp3) is 0.0769. The normalized spacial score (nSPS) is 13.4. The van der Waals surface area contributed by atoms with Crippen LogP contribution in [-0.4, -0.2) is 4.57 Å². The number of benzene rings is 6. The number of rotatable bonds is 1. The molecule has 7 aromatic rings. The van der Waals surface area contributed by atoms with Crippen LogP contribution >= 0.6 is 0 Å². The maximum absolute atomic E-state index is 2.49. The first-order chi connectivity index (χ1) is 19.6. The number of hydrogen-bond acceptors (Lipinski definition) is 0. The first kappa shape index (κ1) is 23.0. The van der Waals surface area contributed by atoms with Crippen molar-refractivity contribution in [3.8, 4) is 16.8 Å². The summed E-state index contributed by atoms with van der Waals surface area (Å²) >= 11 is 0. The summed E-state index contributed by atoms with van der Waals surface area (Å²) in [7, 11) is 0. The minimum atomic E-state index is -0.0676. The van der Waals surface area contributed by atoms with Crippen LogP contribution in [0.5, 0.6) is 0 Å². The molecule has 1 nitrogen and oxygen atoms in total. The average molecular weight is 512 g/mol. The van der Waals surface area contributed by atoms with Crippen LogP contribution in [0.2, 0.25) is 0 Å². The van der Waals surface area contributed by atoms with Gasteiger partial charge in [-0.05, 0) is 80.2 Å². The Morgan fingerprint density at radius 2 is 0.900 bits per heavy atom. The molecule has 0 saturated carbocycles. The van der Waals surface area contributed by atoms with Crippen molar-refractivity contribution in [2.45, 2.75) is 19.3 Å². The molecule has 0 aliphatic heterocycles. The molecular weight excluding hydrogens is 482 g/mol. The third kappa shape index (κ3) is 3.21. The molecule has 1 aliphatic rings. The summed E-state index contributed by atoms with van der Waals surface area (Å²) < 4.78 is 2.43. The van der Waals surface area contributed by atoms with Gasteiger partial charge in [-0.1, -0.05) is 117 Å². The molecule has 6 aromatic carbocycles. The molecule has 0 amide bonds. The molecule has 0 spiro atoms. The summed E-state index contributed by atoms with van der Waals surface area (Å²) in [5, 5.41) is 7.53. The predicted molar refractivity (Wildman–Crippen MR) is 171 cm³/mol. The van der Waals surface area contributed by atoms with Crippen LogP contribution in [-0.2, 0) is 5.41 Å². The first-order valence-electron chi connectivity index (χ1n) is 14.0. The zero-order valence-corrected chi connectivity index (χ0v) is 22.7. The van der Waals surface area contributed by atoms with Crippen molar-refractivity contribution in [1.82, 2.24) is 4.57 Å². The lowest BCUT2D eigenvalue weighted by atomic mass is 9.81. The van der Waals surface area contributed by atoms with Crippen LogP contribution in [0.1, 0.15) is 25.0 Å². The minimum absolute atomic E-state index is 0.0676. The molecule has 0 fully saturated rings.